The highest BCUT2D eigenvalue weighted by molar-refractivity contribution is 5.84. The lowest BCUT2D eigenvalue weighted by molar-refractivity contribution is -0.171. The van der Waals surface area contributed by atoms with Gasteiger partial charge in [-0.3, -0.25) is 4.79 Å². The van der Waals surface area contributed by atoms with Gasteiger partial charge in [-0.05, 0) is 12.8 Å². The van der Waals surface area contributed by atoms with Gasteiger partial charge < -0.3 is 11.1 Å². The molecule has 1 unspecified atom stereocenters. The molecular formula is C9H16F4N2O. The molecule has 0 bridgehead atoms. The van der Waals surface area contributed by atoms with Crippen molar-refractivity contribution in [2.75, 3.05) is 6.54 Å². The number of nitrogens with two attached hydrogens (primary N) is 1. The van der Waals surface area contributed by atoms with Crippen LogP contribution in [0.4, 0.5) is 17.6 Å². The zero-order chi connectivity index (χ0) is 13.1. The van der Waals surface area contributed by atoms with E-state index in [2.05, 4.69) is 0 Å². The van der Waals surface area contributed by atoms with Crippen LogP contribution in [-0.2, 0) is 4.79 Å². The molecule has 0 aliphatic heterocycles. The van der Waals surface area contributed by atoms with E-state index in [1.165, 1.54) is 6.92 Å². The Hall–Kier alpha value is -0.850. The normalized spacial score (nSPS) is 16.4. The molecule has 0 saturated heterocycles. The lowest BCUT2D eigenvalue weighted by Crippen LogP contribution is -2.60. The highest BCUT2D eigenvalue weighted by Gasteiger charge is 2.50. The zero-order valence-electron chi connectivity index (χ0n) is 9.36. The summed E-state index contributed by atoms with van der Waals surface area (Å²) in [5.41, 5.74) is 4.20. The van der Waals surface area contributed by atoms with Crippen molar-refractivity contribution in [1.82, 2.24) is 5.32 Å². The number of rotatable bonds is 5. The Morgan fingerprint density at radius 2 is 1.81 bits per heavy atom. The minimum atomic E-state index is -4.69. The van der Waals surface area contributed by atoms with Gasteiger partial charge in [0.25, 0.3) is 5.91 Å². The average molecular weight is 244 g/mol. The van der Waals surface area contributed by atoms with Crippen LogP contribution in [-0.4, -0.2) is 30.3 Å². The molecule has 0 aromatic carbocycles. The molecule has 7 heteroatoms. The van der Waals surface area contributed by atoms with Crippen LogP contribution in [0.15, 0.2) is 0 Å². The molecule has 0 aliphatic carbocycles. The minimum absolute atomic E-state index is 0.115. The van der Waals surface area contributed by atoms with E-state index in [0.717, 1.165) is 0 Å². The zero-order valence-corrected chi connectivity index (χ0v) is 9.36. The molecule has 0 aromatic heterocycles. The van der Waals surface area contributed by atoms with Gasteiger partial charge in [-0.25, -0.2) is 8.78 Å². The topological polar surface area (TPSA) is 55.1 Å². The summed E-state index contributed by atoms with van der Waals surface area (Å²) in [6.45, 7) is 4.61. The standard InChI is InChI=1S/C9H16F4N2O/c1-5(2)8(3,4-14)15-7(16)9(12,13)6(10)11/h5-6H,4,14H2,1-3H3,(H,15,16). The summed E-state index contributed by atoms with van der Waals surface area (Å²) in [5.74, 6) is -6.94. The van der Waals surface area contributed by atoms with Crippen molar-refractivity contribution in [1.29, 1.82) is 0 Å². The van der Waals surface area contributed by atoms with Gasteiger partial charge in [0.1, 0.15) is 0 Å². The molecule has 0 radical (unpaired) electrons. The van der Waals surface area contributed by atoms with Crippen LogP contribution in [0, 0.1) is 5.92 Å². The van der Waals surface area contributed by atoms with E-state index in [4.69, 9.17) is 5.73 Å². The SMILES string of the molecule is CC(C)C(C)(CN)NC(=O)C(F)(F)C(F)F. The van der Waals surface area contributed by atoms with Crippen molar-refractivity contribution < 1.29 is 22.4 Å². The molecule has 0 fully saturated rings. The average Bonchev–Trinajstić information content (AvgIpc) is 2.16. The predicted octanol–water partition coefficient (Wildman–Crippen LogP) is 1.38. The molecule has 96 valence electrons. The third-order valence-electron chi connectivity index (χ3n) is 2.67. The Labute approximate surface area is 91.4 Å². The van der Waals surface area contributed by atoms with Crippen LogP contribution in [0.1, 0.15) is 20.8 Å². The van der Waals surface area contributed by atoms with E-state index in [-0.39, 0.29) is 12.5 Å². The van der Waals surface area contributed by atoms with Gasteiger partial charge in [0.05, 0.1) is 5.54 Å². The third kappa shape index (κ3) is 3.07. The molecule has 3 N–H and O–H groups in total. The summed E-state index contributed by atoms with van der Waals surface area (Å²) in [5, 5.41) is 1.87. The number of hydrogen-bond donors (Lipinski definition) is 2. The fourth-order valence-corrected chi connectivity index (χ4v) is 0.873. The van der Waals surface area contributed by atoms with Gasteiger partial charge >= 0.3 is 12.3 Å². The first-order valence-corrected chi connectivity index (χ1v) is 4.76. The van der Waals surface area contributed by atoms with Crippen molar-refractivity contribution >= 4 is 5.91 Å². The summed E-state index contributed by atoms with van der Waals surface area (Å²) in [6.07, 6.45) is -4.03. The molecule has 1 atom stereocenters. The summed E-state index contributed by atoms with van der Waals surface area (Å²) < 4.78 is 49.1. The molecule has 0 saturated carbocycles. The highest BCUT2D eigenvalue weighted by Crippen LogP contribution is 2.25. The molecule has 3 nitrogen and oxygen atoms in total. The number of amides is 1. The van der Waals surface area contributed by atoms with Gasteiger partial charge in [-0.2, -0.15) is 8.78 Å². The van der Waals surface area contributed by atoms with Crippen LogP contribution in [0.2, 0.25) is 0 Å². The van der Waals surface area contributed by atoms with Crippen LogP contribution >= 0.6 is 0 Å². The van der Waals surface area contributed by atoms with Gasteiger partial charge in [0, 0.05) is 6.54 Å². The van der Waals surface area contributed by atoms with Crippen molar-refractivity contribution in [2.45, 2.75) is 38.7 Å². The van der Waals surface area contributed by atoms with E-state index in [0.29, 0.717) is 0 Å². The Kier molecular flexibility index (Phi) is 4.72. The largest absolute Gasteiger partial charge is 0.383 e. The van der Waals surface area contributed by atoms with E-state index in [1.807, 2.05) is 5.32 Å². The molecule has 0 spiro atoms. The maximum Gasteiger partial charge on any atom is 0.383 e. The van der Waals surface area contributed by atoms with E-state index in [9.17, 15) is 22.4 Å². The number of halogens is 4. The second-order valence-electron chi connectivity index (χ2n) is 4.15. The maximum absolute atomic E-state index is 12.7. The van der Waals surface area contributed by atoms with Crippen LogP contribution in [0.25, 0.3) is 0 Å². The first-order chi connectivity index (χ1) is 7.08. The summed E-state index contributed by atoms with van der Waals surface area (Å²) in [6, 6.07) is 0. The van der Waals surface area contributed by atoms with E-state index >= 15 is 0 Å². The van der Waals surface area contributed by atoms with Gasteiger partial charge in [0.2, 0.25) is 0 Å². The van der Waals surface area contributed by atoms with Crippen molar-refractivity contribution in [2.24, 2.45) is 11.7 Å². The smallest absolute Gasteiger partial charge is 0.344 e. The molecule has 0 aromatic rings. The number of carbonyl (C=O) groups excluding carboxylic acids is 1. The van der Waals surface area contributed by atoms with Gasteiger partial charge in [0.15, 0.2) is 0 Å². The first-order valence-electron chi connectivity index (χ1n) is 4.76. The van der Waals surface area contributed by atoms with Crippen LogP contribution in [0.3, 0.4) is 0 Å². The van der Waals surface area contributed by atoms with E-state index < -0.39 is 23.8 Å². The number of hydrogen-bond acceptors (Lipinski definition) is 2. The number of nitrogens with one attached hydrogen (secondary N) is 1. The molecule has 16 heavy (non-hydrogen) atoms. The Balaban J connectivity index is 4.79. The maximum atomic E-state index is 12.7. The van der Waals surface area contributed by atoms with Crippen molar-refractivity contribution in [3.8, 4) is 0 Å². The number of carbonyl (C=O) groups is 1. The van der Waals surface area contributed by atoms with E-state index in [1.54, 1.807) is 13.8 Å². The molecule has 1 amide bonds. The van der Waals surface area contributed by atoms with Crippen LogP contribution < -0.4 is 11.1 Å². The third-order valence-corrected chi connectivity index (χ3v) is 2.67. The Bertz CT molecular complexity index is 258. The second-order valence-corrected chi connectivity index (χ2v) is 4.15. The quantitative estimate of drug-likeness (QED) is 0.718. The number of alkyl halides is 4. The van der Waals surface area contributed by atoms with Crippen molar-refractivity contribution in [3.63, 3.8) is 0 Å². The van der Waals surface area contributed by atoms with Gasteiger partial charge in [-0.1, -0.05) is 13.8 Å². The molecule has 0 aliphatic rings. The fraction of sp³-hybridized carbons (Fsp3) is 0.889. The minimum Gasteiger partial charge on any atom is -0.344 e. The lowest BCUT2D eigenvalue weighted by Gasteiger charge is -2.34. The lowest BCUT2D eigenvalue weighted by atomic mass is 9.88. The Morgan fingerprint density at radius 1 is 1.38 bits per heavy atom. The summed E-state index contributed by atoms with van der Waals surface area (Å²) in [4.78, 5) is 11.0. The highest BCUT2D eigenvalue weighted by atomic mass is 19.3. The second kappa shape index (κ2) is 4.99. The fourth-order valence-electron chi connectivity index (χ4n) is 0.873. The Morgan fingerprint density at radius 3 is 2.06 bits per heavy atom. The summed E-state index contributed by atoms with van der Waals surface area (Å²) in [7, 11) is 0. The molecule has 0 rings (SSSR count). The molecular weight excluding hydrogens is 228 g/mol. The summed E-state index contributed by atoms with van der Waals surface area (Å²) >= 11 is 0. The first kappa shape index (κ1) is 15.2. The van der Waals surface area contributed by atoms with Crippen LogP contribution in [0.5, 0.6) is 0 Å². The van der Waals surface area contributed by atoms with Gasteiger partial charge in [-0.15, -0.1) is 0 Å². The van der Waals surface area contributed by atoms with Crippen molar-refractivity contribution in [3.05, 3.63) is 0 Å². The predicted molar refractivity (Wildman–Crippen MR) is 51.4 cm³/mol. The monoisotopic (exact) mass is 244 g/mol. The molecule has 0 heterocycles.